The van der Waals surface area contributed by atoms with Crippen molar-refractivity contribution in [3.63, 3.8) is 0 Å². The average molecular weight is 184 g/mol. The smallest absolute Gasteiger partial charge is 0.304 e. The Kier molecular flexibility index (Phi) is 2.22. The first kappa shape index (κ1) is 9.50. The highest BCUT2D eigenvalue weighted by molar-refractivity contribution is 5.68. The van der Waals surface area contributed by atoms with Crippen LogP contribution in [0.4, 0.5) is 5.95 Å². The van der Waals surface area contributed by atoms with E-state index in [1.165, 1.54) is 0 Å². The second-order valence-electron chi connectivity index (χ2n) is 3.50. The molecule has 0 spiro atoms. The van der Waals surface area contributed by atoms with Crippen LogP contribution in [0.3, 0.4) is 0 Å². The van der Waals surface area contributed by atoms with Crippen LogP contribution in [0.25, 0.3) is 0 Å². The van der Waals surface area contributed by atoms with E-state index in [9.17, 15) is 4.79 Å². The third-order valence-electron chi connectivity index (χ3n) is 1.74. The van der Waals surface area contributed by atoms with Gasteiger partial charge in [0.15, 0.2) is 0 Å². The van der Waals surface area contributed by atoms with Gasteiger partial charge in [-0.15, -0.1) is 5.10 Å². The van der Waals surface area contributed by atoms with E-state index in [0.29, 0.717) is 5.82 Å². The van der Waals surface area contributed by atoms with E-state index in [4.69, 9.17) is 10.8 Å². The minimum Gasteiger partial charge on any atom is -0.481 e. The highest BCUT2D eigenvalue weighted by atomic mass is 16.4. The van der Waals surface area contributed by atoms with Crippen LogP contribution in [0.15, 0.2) is 0 Å². The summed E-state index contributed by atoms with van der Waals surface area (Å²) >= 11 is 0. The molecule has 0 atom stereocenters. The van der Waals surface area contributed by atoms with Gasteiger partial charge in [-0.1, -0.05) is 13.8 Å². The molecule has 0 aliphatic heterocycles. The van der Waals surface area contributed by atoms with E-state index in [0.717, 1.165) is 0 Å². The van der Waals surface area contributed by atoms with Gasteiger partial charge in [-0.05, 0) is 0 Å². The molecular weight excluding hydrogens is 172 g/mol. The van der Waals surface area contributed by atoms with Gasteiger partial charge in [0, 0.05) is 5.41 Å². The SMILES string of the molecule is CC(C)(CC(=O)O)c1nc(N)n[nH]1. The fraction of sp³-hybridized carbons (Fsp3) is 0.571. The van der Waals surface area contributed by atoms with Crippen molar-refractivity contribution in [1.82, 2.24) is 15.2 Å². The first-order valence-corrected chi connectivity index (χ1v) is 3.82. The molecule has 6 heteroatoms. The van der Waals surface area contributed by atoms with E-state index in [1.807, 2.05) is 0 Å². The summed E-state index contributed by atoms with van der Waals surface area (Å²) in [5.41, 5.74) is 4.73. The zero-order valence-electron chi connectivity index (χ0n) is 7.53. The summed E-state index contributed by atoms with van der Waals surface area (Å²) in [5.74, 6) is -0.249. The van der Waals surface area contributed by atoms with Gasteiger partial charge in [0.25, 0.3) is 0 Å². The van der Waals surface area contributed by atoms with Crippen molar-refractivity contribution in [2.75, 3.05) is 5.73 Å². The fourth-order valence-corrected chi connectivity index (χ4v) is 1.04. The van der Waals surface area contributed by atoms with Crippen molar-refractivity contribution in [2.24, 2.45) is 0 Å². The summed E-state index contributed by atoms with van der Waals surface area (Å²) in [7, 11) is 0. The van der Waals surface area contributed by atoms with Crippen LogP contribution in [0, 0.1) is 0 Å². The summed E-state index contributed by atoms with van der Waals surface area (Å²) < 4.78 is 0. The number of hydrogen-bond donors (Lipinski definition) is 3. The minimum absolute atomic E-state index is 0.0123. The Labute approximate surface area is 75.2 Å². The minimum atomic E-state index is -0.875. The number of aliphatic carboxylic acids is 1. The Morgan fingerprint density at radius 3 is 2.69 bits per heavy atom. The molecule has 0 unspecified atom stereocenters. The van der Waals surface area contributed by atoms with Crippen molar-refractivity contribution in [3.8, 4) is 0 Å². The predicted octanol–water partition coefficient (Wildman–Crippen LogP) is 0.139. The van der Waals surface area contributed by atoms with Crippen molar-refractivity contribution < 1.29 is 9.90 Å². The number of hydrogen-bond acceptors (Lipinski definition) is 4. The number of nitrogens with two attached hydrogens (primary N) is 1. The van der Waals surface area contributed by atoms with Gasteiger partial charge in [0.05, 0.1) is 6.42 Å². The Bertz CT molecular complexity index is 318. The molecule has 0 bridgehead atoms. The number of aromatic amines is 1. The predicted molar refractivity (Wildman–Crippen MR) is 46.1 cm³/mol. The first-order valence-electron chi connectivity index (χ1n) is 3.82. The lowest BCUT2D eigenvalue weighted by molar-refractivity contribution is -0.138. The lowest BCUT2D eigenvalue weighted by Gasteiger charge is -2.18. The van der Waals surface area contributed by atoms with Gasteiger partial charge in [-0.3, -0.25) is 9.89 Å². The van der Waals surface area contributed by atoms with Crippen molar-refractivity contribution in [3.05, 3.63) is 5.82 Å². The second-order valence-corrected chi connectivity index (χ2v) is 3.50. The molecule has 1 rings (SSSR count). The number of aromatic nitrogens is 3. The van der Waals surface area contributed by atoms with E-state index < -0.39 is 11.4 Å². The molecule has 6 nitrogen and oxygen atoms in total. The third kappa shape index (κ3) is 2.17. The molecule has 13 heavy (non-hydrogen) atoms. The van der Waals surface area contributed by atoms with Gasteiger partial charge < -0.3 is 10.8 Å². The second kappa shape index (κ2) is 3.04. The Hall–Kier alpha value is -1.59. The Balaban J connectivity index is 2.86. The lowest BCUT2D eigenvalue weighted by Crippen LogP contribution is -2.23. The maximum absolute atomic E-state index is 10.5. The van der Waals surface area contributed by atoms with Crippen LogP contribution in [0.5, 0.6) is 0 Å². The molecule has 0 aliphatic rings. The number of anilines is 1. The molecule has 0 saturated heterocycles. The molecule has 0 fully saturated rings. The van der Waals surface area contributed by atoms with Crippen molar-refractivity contribution in [1.29, 1.82) is 0 Å². The number of nitrogen functional groups attached to an aromatic ring is 1. The molecule has 4 N–H and O–H groups in total. The standard InChI is InChI=1S/C7H12N4O2/c1-7(2,3-4(12)13)5-9-6(8)11-10-5/h3H2,1-2H3,(H,12,13)(H3,8,9,10,11). The van der Waals surface area contributed by atoms with Gasteiger partial charge in [-0.25, -0.2) is 0 Å². The first-order chi connectivity index (χ1) is 5.92. The van der Waals surface area contributed by atoms with Gasteiger partial charge in [-0.2, -0.15) is 4.98 Å². The number of nitrogens with one attached hydrogen (secondary N) is 1. The molecule has 1 aromatic rings. The quantitative estimate of drug-likeness (QED) is 0.619. The molecule has 1 aromatic heterocycles. The van der Waals surface area contributed by atoms with Crippen molar-refractivity contribution >= 4 is 11.9 Å². The summed E-state index contributed by atoms with van der Waals surface area (Å²) in [6.07, 6.45) is -0.0123. The maximum atomic E-state index is 10.5. The fourth-order valence-electron chi connectivity index (χ4n) is 1.04. The van der Waals surface area contributed by atoms with Crippen molar-refractivity contribution in [2.45, 2.75) is 25.7 Å². The van der Waals surface area contributed by atoms with E-state index >= 15 is 0 Å². The van der Waals surface area contributed by atoms with Crippen LogP contribution >= 0.6 is 0 Å². The van der Waals surface area contributed by atoms with E-state index in [1.54, 1.807) is 13.8 Å². The van der Waals surface area contributed by atoms with Crippen LogP contribution in [-0.4, -0.2) is 26.3 Å². The number of carboxylic acids is 1. The molecule has 0 radical (unpaired) electrons. The topological polar surface area (TPSA) is 105 Å². The summed E-state index contributed by atoms with van der Waals surface area (Å²) in [6, 6.07) is 0. The summed E-state index contributed by atoms with van der Waals surface area (Å²) in [6.45, 7) is 3.53. The number of nitrogens with zero attached hydrogens (tertiary/aromatic N) is 2. The highest BCUT2D eigenvalue weighted by Crippen LogP contribution is 2.23. The van der Waals surface area contributed by atoms with Crippen LogP contribution < -0.4 is 5.73 Å². The molecule has 0 saturated carbocycles. The van der Waals surface area contributed by atoms with Crippen LogP contribution in [-0.2, 0) is 10.2 Å². The number of carboxylic acid groups (broad SMARTS) is 1. The molecular formula is C7H12N4O2. The summed E-state index contributed by atoms with van der Waals surface area (Å²) in [5, 5.41) is 14.9. The monoisotopic (exact) mass is 184 g/mol. The zero-order valence-corrected chi connectivity index (χ0v) is 7.53. The molecule has 0 amide bonds. The molecule has 0 aromatic carbocycles. The molecule has 1 heterocycles. The van der Waals surface area contributed by atoms with Crippen LogP contribution in [0.2, 0.25) is 0 Å². The number of carbonyl (C=O) groups is 1. The summed E-state index contributed by atoms with van der Waals surface area (Å²) in [4.78, 5) is 14.4. The van der Waals surface area contributed by atoms with Gasteiger partial charge >= 0.3 is 5.97 Å². The number of rotatable bonds is 3. The number of H-pyrrole nitrogens is 1. The largest absolute Gasteiger partial charge is 0.481 e. The zero-order chi connectivity index (χ0) is 10.1. The van der Waals surface area contributed by atoms with E-state index in [-0.39, 0.29) is 12.4 Å². The Morgan fingerprint density at radius 2 is 2.31 bits per heavy atom. The molecule has 72 valence electrons. The highest BCUT2D eigenvalue weighted by Gasteiger charge is 2.27. The van der Waals surface area contributed by atoms with Gasteiger partial charge in [0.2, 0.25) is 5.95 Å². The van der Waals surface area contributed by atoms with E-state index in [2.05, 4.69) is 15.2 Å². The van der Waals surface area contributed by atoms with Gasteiger partial charge in [0.1, 0.15) is 5.82 Å². The molecule has 0 aliphatic carbocycles. The van der Waals surface area contributed by atoms with Crippen LogP contribution in [0.1, 0.15) is 26.1 Å². The average Bonchev–Trinajstić information content (AvgIpc) is 2.32. The third-order valence-corrected chi connectivity index (χ3v) is 1.74. The lowest BCUT2D eigenvalue weighted by atomic mass is 9.89. The normalized spacial score (nSPS) is 11.5. The maximum Gasteiger partial charge on any atom is 0.304 e. The Morgan fingerprint density at radius 1 is 1.69 bits per heavy atom.